The topological polar surface area (TPSA) is 56.9 Å². The number of hydrogen-bond donors (Lipinski definition) is 0. The molecule has 0 bridgehead atoms. The van der Waals surface area contributed by atoms with Crippen LogP contribution >= 0.6 is 15.9 Å². The zero-order valence-electron chi connectivity index (χ0n) is 12.0. The molecule has 0 aliphatic heterocycles. The highest BCUT2D eigenvalue weighted by atomic mass is 79.9. The summed E-state index contributed by atoms with van der Waals surface area (Å²) in [7, 11) is 1.64. The van der Waals surface area contributed by atoms with Crippen molar-refractivity contribution in [1.82, 2.24) is 5.16 Å². The van der Waals surface area contributed by atoms with E-state index in [0.717, 1.165) is 23.4 Å². The fraction of sp³-hybridized carbons (Fsp3) is 0.333. The average Bonchev–Trinajstić information content (AvgIpc) is 3.01. The fourth-order valence-electron chi connectivity index (χ4n) is 1.66. The van der Waals surface area contributed by atoms with Crippen molar-refractivity contribution in [2.24, 2.45) is 5.16 Å². The first-order chi connectivity index (χ1) is 10.3. The molecule has 1 heterocycles. The first kappa shape index (κ1) is 15.6. The lowest BCUT2D eigenvalue weighted by atomic mass is 10.1. The monoisotopic (exact) mass is 352 g/mol. The Bertz CT molecular complexity index is 593. The van der Waals surface area contributed by atoms with Crippen LogP contribution < -0.4 is 4.74 Å². The molecule has 1 aromatic carbocycles. The molecule has 0 radical (unpaired) electrons. The number of benzene rings is 1. The number of rotatable bonds is 7. The number of methoxy groups -OCH3 is 1. The molecular formula is C15H17BrN2O3. The van der Waals surface area contributed by atoms with E-state index in [1.54, 1.807) is 7.11 Å². The van der Waals surface area contributed by atoms with E-state index in [-0.39, 0.29) is 0 Å². The molecule has 0 saturated carbocycles. The number of hydrogen-bond acceptors (Lipinski definition) is 5. The Hall–Kier alpha value is -1.82. The molecule has 1 aromatic heterocycles. The van der Waals surface area contributed by atoms with Crippen LogP contribution in [-0.2, 0) is 4.84 Å². The van der Waals surface area contributed by atoms with Crippen LogP contribution in [0.3, 0.4) is 0 Å². The third-order valence-electron chi connectivity index (χ3n) is 2.78. The second-order valence-electron chi connectivity index (χ2n) is 4.31. The molecule has 2 rings (SSSR count). The second-order valence-corrected chi connectivity index (χ2v) is 4.87. The Balaban J connectivity index is 2.17. The van der Waals surface area contributed by atoms with Crippen molar-refractivity contribution in [3.8, 4) is 17.0 Å². The lowest BCUT2D eigenvalue weighted by Gasteiger charge is -1.99. The minimum absolute atomic E-state index is 0.536. The van der Waals surface area contributed by atoms with E-state index < -0.39 is 0 Å². The van der Waals surface area contributed by atoms with Crippen LogP contribution in [0.1, 0.15) is 19.1 Å². The van der Waals surface area contributed by atoms with Crippen LogP contribution in [0.2, 0.25) is 0 Å². The predicted molar refractivity (Wildman–Crippen MR) is 85.1 cm³/mol. The largest absolute Gasteiger partial charge is 0.497 e. The molecule has 0 atom stereocenters. The van der Waals surface area contributed by atoms with Crippen molar-refractivity contribution < 1.29 is 14.1 Å². The first-order valence-electron chi connectivity index (χ1n) is 6.64. The van der Waals surface area contributed by atoms with Crippen LogP contribution in [0.5, 0.6) is 5.75 Å². The quantitative estimate of drug-likeness (QED) is 0.328. The molecule has 0 N–H and O–H groups in total. The SMILES string of the molecule is CCCON=C(CBr)c1cc(-c2ccc(OC)cc2)no1. The van der Waals surface area contributed by atoms with Crippen LogP contribution in [0, 0.1) is 0 Å². The molecule has 112 valence electrons. The summed E-state index contributed by atoms with van der Waals surface area (Å²) in [6.07, 6.45) is 0.909. The molecule has 2 aromatic rings. The number of alkyl halides is 1. The zero-order chi connectivity index (χ0) is 15.1. The van der Waals surface area contributed by atoms with Gasteiger partial charge in [-0.1, -0.05) is 33.2 Å². The van der Waals surface area contributed by atoms with Crippen molar-refractivity contribution >= 4 is 21.6 Å². The lowest BCUT2D eigenvalue weighted by molar-refractivity contribution is 0.144. The molecule has 6 heteroatoms. The lowest BCUT2D eigenvalue weighted by Crippen LogP contribution is -2.02. The van der Waals surface area contributed by atoms with Crippen LogP contribution in [0.25, 0.3) is 11.3 Å². The van der Waals surface area contributed by atoms with Crippen molar-refractivity contribution in [3.05, 3.63) is 36.1 Å². The van der Waals surface area contributed by atoms with Gasteiger partial charge in [-0.05, 0) is 30.7 Å². The minimum Gasteiger partial charge on any atom is -0.497 e. The van der Waals surface area contributed by atoms with Crippen molar-refractivity contribution in [3.63, 3.8) is 0 Å². The standard InChI is InChI=1S/C15H17BrN2O3/c1-3-8-20-17-14(10-16)15-9-13(18-21-15)11-4-6-12(19-2)7-5-11/h4-7,9H,3,8,10H2,1-2H3. The predicted octanol–water partition coefficient (Wildman–Crippen LogP) is 3.88. The Morgan fingerprint density at radius 1 is 1.33 bits per heavy atom. The number of aromatic nitrogens is 1. The highest BCUT2D eigenvalue weighted by molar-refractivity contribution is 9.09. The Labute approximate surface area is 132 Å². The maximum absolute atomic E-state index is 5.34. The van der Waals surface area contributed by atoms with E-state index in [4.69, 9.17) is 14.1 Å². The van der Waals surface area contributed by atoms with Gasteiger partial charge in [0.25, 0.3) is 0 Å². The van der Waals surface area contributed by atoms with Crippen LogP contribution in [0.4, 0.5) is 0 Å². The van der Waals surface area contributed by atoms with E-state index in [9.17, 15) is 0 Å². The smallest absolute Gasteiger partial charge is 0.185 e. The summed E-state index contributed by atoms with van der Waals surface area (Å²) in [4.78, 5) is 5.19. The second kappa shape index (κ2) is 7.83. The molecule has 21 heavy (non-hydrogen) atoms. The highest BCUT2D eigenvalue weighted by Gasteiger charge is 2.12. The van der Waals surface area contributed by atoms with Gasteiger partial charge >= 0.3 is 0 Å². The minimum atomic E-state index is 0.536. The summed E-state index contributed by atoms with van der Waals surface area (Å²) in [5.41, 5.74) is 2.38. The van der Waals surface area contributed by atoms with Crippen molar-refractivity contribution in [1.29, 1.82) is 0 Å². The molecule has 0 saturated heterocycles. The van der Waals surface area contributed by atoms with Gasteiger partial charge in [-0.15, -0.1) is 0 Å². The molecule has 0 unspecified atom stereocenters. The molecule has 0 spiro atoms. The molecule has 0 amide bonds. The summed E-state index contributed by atoms with van der Waals surface area (Å²) >= 11 is 3.37. The van der Waals surface area contributed by atoms with E-state index in [1.807, 2.05) is 37.3 Å². The Morgan fingerprint density at radius 2 is 2.10 bits per heavy atom. The summed E-state index contributed by atoms with van der Waals surface area (Å²) in [5.74, 6) is 1.40. The first-order valence-corrected chi connectivity index (χ1v) is 7.77. The van der Waals surface area contributed by atoms with E-state index >= 15 is 0 Å². The van der Waals surface area contributed by atoms with Crippen molar-refractivity contribution in [2.45, 2.75) is 13.3 Å². The van der Waals surface area contributed by atoms with Gasteiger partial charge in [0.2, 0.25) is 0 Å². The molecule has 5 nitrogen and oxygen atoms in total. The van der Waals surface area contributed by atoms with E-state index in [0.29, 0.717) is 23.4 Å². The third kappa shape index (κ3) is 4.07. The molecule has 0 aliphatic carbocycles. The van der Waals surface area contributed by atoms with Gasteiger partial charge in [-0.3, -0.25) is 0 Å². The normalized spacial score (nSPS) is 11.5. The maximum atomic E-state index is 5.34. The Kier molecular flexibility index (Phi) is 5.80. The molecule has 0 aliphatic rings. The van der Waals surface area contributed by atoms with Gasteiger partial charge < -0.3 is 14.1 Å². The van der Waals surface area contributed by atoms with Gasteiger partial charge in [0, 0.05) is 11.6 Å². The summed E-state index contributed by atoms with van der Waals surface area (Å²) < 4.78 is 10.5. The molecule has 0 fully saturated rings. The fourth-order valence-corrected chi connectivity index (χ4v) is 2.04. The van der Waals surface area contributed by atoms with E-state index in [1.165, 1.54) is 0 Å². The summed E-state index contributed by atoms with van der Waals surface area (Å²) in [6, 6.07) is 9.47. The molecular weight excluding hydrogens is 336 g/mol. The van der Waals surface area contributed by atoms with Gasteiger partial charge in [0.05, 0.1) is 12.4 Å². The number of halogens is 1. The van der Waals surface area contributed by atoms with Gasteiger partial charge in [0.1, 0.15) is 23.8 Å². The third-order valence-corrected chi connectivity index (χ3v) is 3.31. The highest BCUT2D eigenvalue weighted by Crippen LogP contribution is 2.22. The summed E-state index contributed by atoms with van der Waals surface area (Å²) in [5, 5.41) is 8.65. The number of nitrogens with zero attached hydrogens (tertiary/aromatic N) is 2. The number of oxime groups is 1. The number of ether oxygens (including phenoxy) is 1. The zero-order valence-corrected chi connectivity index (χ0v) is 13.6. The van der Waals surface area contributed by atoms with Crippen LogP contribution in [-0.4, -0.2) is 29.9 Å². The summed E-state index contributed by atoms with van der Waals surface area (Å²) in [6.45, 7) is 2.61. The maximum Gasteiger partial charge on any atom is 0.185 e. The van der Waals surface area contributed by atoms with Gasteiger partial charge in [0.15, 0.2) is 5.76 Å². The van der Waals surface area contributed by atoms with Gasteiger partial charge in [-0.25, -0.2) is 0 Å². The van der Waals surface area contributed by atoms with E-state index in [2.05, 4.69) is 26.2 Å². The van der Waals surface area contributed by atoms with Crippen molar-refractivity contribution in [2.75, 3.05) is 19.0 Å². The average molecular weight is 353 g/mol. The van der Waals surface area contributed by atoms with Gasteiger partial charge in [-0.2, -0.15) is 0 Å². The van der Waals surface area contributed by atoms with Crippen LogP contribution in [0.15, 0.2) is 40.0 Å². The Morgan fingerprint density at radius 3 is 2.71 bits per heavy atom.